The molecular formula is C16H27NO3. The van der Waals surface area contributed by atoms with Crippen LogP contribution in [0.4, 0.5) is 0 Å². The molecule has 0 saturated heterocycles. The zero-order chi connectivity index (χ0) is 14.8. The summed E-state index contributed by atoms with van der Waals surface area (Å²) in [5, 5.41) is 13.2. The lowest BCUT2D eigenvalue weighted by Gasteiger charge is -2.19. The third-order valence-electron chi connectivity index (χ3n) is 3.03. The number of para-hydroxylation sites is 1. The molecule has 1 aromatic carbocycles. The molecule has 0 aliphatic rings. The van der Waals surface area contributed by atoms with Crippen molar-refractivity contribution in [3.05, 3.63) is 29.8 Å². The molecule has 0 aromatic heterocycles. The maximum absolute atomic E-state index is 9.75. The van der Waals surface area contributed by atoms with Gasteiger partial charge in [0.25, 0.3) is 0 Å². The van der Waals surface area contributed by atoms with E-state index in [9.17, 15) is 5.11 Å². The number of hydrogen-bond acceptors (Lipinski definition) is 4. The van der Waals surface area contributed by atoms with Crippen molar-refractivity contribution >= 4 is 0 Å². The lowest BCUT2D eigenvalue weighted by molar-refractivity contribution is 0.0162. The molecule has 0 radical (unpaired) electrons. The van der Waals surface area contributed by atoms with Crippen molar-refractivity contribution in [1.29, 1.82) is 0 Å². The molecule has 20 heavy (non-hydrogen) atoms. The summed E-state index contributed by atoms with van der Waals surface area (Å²) in [6.07, 6.45) is 0.502. The summed E-state index contributed by atoms with van der Waals surface area (Å²) in [4.78, 5) is 0. The Bertz CT molecular complexity index is 370. The first-order valence-electron chi connectivity index (χ1n) is 7.39. The summed E-state index contributed by atoms with van der Waals surface area (Å²) in [5.41, 5.74) is 1.12. The molecule has 114 valence electrons. The minimum absolute atomic E-state index is 0.232. The van der Waals surface area contributed by atoms with Crippen LogP contribution in [0.25, 0.3) is 0 Å². The van der Waals surface area contributed by atoms with E-state index in [2.05, 4.69) is 25.2 Å². The van der Waals surface area contributed by atoms with Crippen LogP contribution < -0.4 is 10.1 Å². The van der Waals surface area contributed by atoms with Gasteiger partial charge in [0.1, 0.15) is 18.5 Å². The van der Waals surface area contributed by atoms with Crippen LogP contribution in [0.1, 0.15) is 38.8 Å². The van der Waals surface area contributed by atoms with E-state index in [1.165, 1.54) is 0 Å². The third kappa shape index (κ3) is 5.90. The highest BCUT2D eigenvalue weighted by Crippen LogP contribution is 2.24. The first-order chi connectivity index (χ1) is 9.69. The molecule has 4 heteroatoms. The highest BCUT2D eigenvalue weighted by Gasteiger charge is 2.12. The lowest BCUT2D eigenvalue weighted by atomic mass is 10.1. The van der Waals surface area contributed by atoms with Crippen LogP contribution in [0.5, 0.6) is 5.75 Å². The van der Waals surface area contributed by atoms with Crippen LogP contribution in [0.2, 0.25) is 0 Å². The third-order valence-corrected chi connectivity index (χ3v) is 3.03. The lowest BCUT2D eigenvalue weighted by Crippen LogP contribution is -2.25. The molecule has 2 unspecified atom stereocenters. The summed E-state index contributed by atoms with van der Waals surface area (Å²) in [5.74, 6) is 0.819. The second-order valence-corrected chi connectivity index (χ2v) is 4.84. The monoisotopic (exact) mass is 281 g/mol. The van der Waals surface area contributed by atoms with Crippen LogP contribution >= 0.6 is 0 Å². The van der Waals surface area contributed by atoms with Gasteiger partial charge in [-0.25, -0.2) is 0 Å². The Kier molecular flexibility index (Phi) is 8.26. The summed E-state index contributed by atoms with van der Waals surface area (Å²) >= 11 is 0. The Morgan fingerprint density at radius 2 is 1.95 bits per heavy atom. The van der Waals surface area contributed by atoms with Crippen molar-refractivity contribution in [2.75, 3.05) is 26.4 Å². The highest BCUT2D eigenvalue weighted by atomic mass is 16.5. The predicted octanol–water partition coefficient (Wildman–Crippen LogP) is 2.52. The molecule has 1 rings (SSSR count). The molecule has 2 N–H and O–H groups in total. The van der Waals surface area contributed by atoms with Gasteiger partial charge >= 0.3 is 0 Å². The van der Waals surface area contributed by atoms with Crippen LogP contribution in [-0.4, -0.2) is 37.6 Å². The van der Waals surface area contributed by atoms with E-state index in [0.29, 0.717) is 13.2 Å². The van der Waals surface area contributed by atoms with E-state index in [1.54, 1.807) is 0 Å². The van der Waals surface area contributed by atoms with Gasteiger partial charge in [0.2, 0.25) is 0 Å². The Balaban J connectivity index is 2.56. The van der Waals surface area contributed by atoms with Gasteiger partial charge in [-0.15, -0.1) is 0 Å². The minimum atomic E-state index is -0.595. The standard InChI is InChI=1S/C16H27NO3/c1-4-10-17-13(3)15-8-6-7-9-16(15)20-12-14(18)11-19-5-2/h6-9,13-14,17-18H,4-5,10-12H2,1-3H3. The van der Waals surface area contributed by atoms with Gasteiger partial charge in [-0.05, 0) is 32.9 Å². The van der Waals surface area contributed by atoms with Crippen molar-refractivity contribution in [3.63, 3.8) is 0 Å². The van der Waals surface area contributed by atoms with Crippen molar-refractivity contribution in [2.45, 2.75) is 39.3 Å². The molecule has 2 atom stereocenters. The molecule has 4 nitrogen and oxygen atoms in total. The maximum Gasteiger partial charge on any atom is 0.124 e. The fourth-order valence-corrected chi connectivity index (χ4v) is 1.93. The van der Waals surface area contributed by atoms with Crippen molar-refractivity contribution in [1.82, 2.24) is 5.32 Å². The molecule has 0 saturated carbocycles. The molecule has 0 spiro atoms. The number of aliphatic hydroxyl groups is 1. The van der Waals surface area contributed by atoms with Gasteiger partial charge in [0.05, 0.1) is 6.61 Å². The second kappa shape index (κ2) is 9.75. The van der Waals surface area contributed by atoms with E-state index in [-0.39, 0.29) is 12.6 Å². The highest BCUT2D eigenvalue weighted by molar-refractivity contribution is 5.35. The predicted molar refractivity (Wildman–Crippen MR) is 81.1 cm³/mol. The van der Waals surface area contributed by atoms with E-state index in [0.717, 1.165) is 24.3 Å². The van der Waals surface area contributed by atoms with E-state index >= 15 is 0 Å². The average Bonchev–Trinajstić information content (AvgIpc) is 2.48. The molecule has 0 aliphatic carbocycles. The molecular weight excluding hydrogens is 254 g/mol. The largest absolute Gasteiger partial charge is 0.490 e. The van der Waals surface area contributed by atoms with Crippen molar-refractivity contribution in [3.8, 4) is 5.75 Å². The van der Waals surface area contributed by atoms with Crippen LogP contribution in [0.3, 0.4) is 0 Å². The van der Waals surface area contributed by atoms with Gasteiger partial charge in [-0.2, -0.15) is 0 Å². The Morgan fingerprint density at radius 1 is 1.20 bits per heavy atom. The first-order valence-corrected chi connectivity index (χ1v) is 7.39. The quantitative estimate of drug-likeness (QED) is 0.692. The van der Waals surface area contributed by atoms with Gasteiger partial charge in [-0.1, -0.05) is 25.1 Å². The van der Waals surface area contributed by atoms with Gasteiger partial charge < -0.3 is 19.9 Å². The molecule has 1 aromatic rings. The Labute approximate surface area is 122 Å². The summed E-state index contributed by atoms with van der Waals surface area (Å²) in [6, 6.07) is 8.17. The fraction of sp³-hybridized carbons (Fsp3) is 0.625. The molecule has 0 amide bonds. The number of aliphatic hydroxyl groups excluding tert-OH is 1. The zero-order valence-corrected chi connectivity index (χ0v) is 12.8. The Hall–Kier alpha value is -1.10. The van der Waals surface area contributed by atoms with Gasteiger partial charge in [-0.3, -0.25) is 0 Å². The van der Waals surface area contributed by atoms with Gasteiger partial charge in [0, 0.05) is 18.2 Å². The number of benzene rings is 1. The first kappa shape index (κ1) is 17.0. The van der Waals surface area contributed by atoms with E-state index in [4.69, 9.17) is 9.47 Å². The van der Waals surface area contributed by atoms with Crippen LogP contribution in [0.15, 0.2) is 24.3 Å². The number of hydrogen-bond donors (Lipinski definition) is 2. The zero-order valence-electron chi connectivity index (χ0n) is 12.8. The van der Waals surface area contributed by atoms with Crippen molar-refractivity contribution in [2.24, 2.45) is 0 Å². The van der Waals surface area contributed by atoms with E-state index < -0.39 is 6.10 Å². The smallest absolute Gasteiger partial charge is 0.124 e. The number of ether oxygens (including phenoxy) is 2. The summed E-state index contributed by atoms with van der Waals surface area (Å²) in [6.45, 7) is 8.30. The molecule has 0 aliphatic heterocycles. The fourth-order valence-electron chi connectivity index (χ4n) is 1.93. The second-order valence-electron chi connectivity index (χ2n) is 4.84. The normalized spacial score (nSPS) is 14.0. The van der Waals surface area contributed by atoms with Crippen LogP contribution in [-0.2, 0) is 4.74 Å². The summed E-state index contributed by atoms with van der Waals surface area (Å²) in [7, 11) is 0. The maximum atomic E-state index is 9.75. The molecule has 0 fully saturated rings. The SMILES string of the molecule is CCCNC(C)c1ccccc1OCC(O)COCC. The summed E-state index contributed by atoms with van der Waals surface area (Å²) < 4.78 is 10.9. The Morgan fingerprint density at radius 3 is 2.65 bits per heavy atom. The minimum Gasteiger partial charge on any atom is -0.490 e. The molecule has 0 bridgehead atoms. The van der Waals surface area contributed by atoms with Crippen molar-refractivity contribution < 1.29 is 14.6 Å². The number of rotatable bonds is 10. The molecule has 0 heterocycles. The topological polar surface area (TPSA) is 50.7 Å². The van der Waals surface area contributed by atoms with Gasteiger partial charge in [0.15, 0.2) is 0 Å². The van der Waals surface area contributed by atoms with E-state index in [1.807, 2.05) is 25.1 Å². The number of nitrogens with one attached hydrogen (secondary N) is 1. The van der Waals surface area contributed by atoms with Crippen LogP contribution in [0, 0.1) is 0 Å². The average molecular weight is 281 g/mol.